The predicted octanol–water partition coefficient (Wildman–Crippen LogP) is -2.06. The number of nitrogens with one attached hydrogen (secondary N) is 2. The molecule has 7 nitrogen and oxygen atoms in total. The van der Waals surface area contributed by atoms with Gasteiger partial charge >= 0.3 is 0 Å². The Morgan fingerprint density at radius 1 is 1.39 bits per heavy atom. The Balaban J connectivity index is 2.04. The molecule has 2 atom stereocenters. The fourth-order valence-electron chi connectivity index (χ4n) is 2.46. The SMILES string of the molecule is NC(=O)CN(C(=O)C1CCC(=O)N1)C1CCNC1. The molecule has 2 heterocycles. The summed E-state index contributed by atoms with van der Waals surface area (Å²) in [7, 11) is 0. The van der Waals surface area contributed by atoms with Crippen LogP contribution in [0.2, 0.25) is 0 Å². The van der Waals surface area contributed by atoms with E-state index in [0.29, 0.717) is 19.4 Å². The molecule has 3 amide bonds. The summed E-state index contributed by atoms with van der Waals surface area (Å²) in [5, 5.41) is 5.78. The maximum absolute atomic E-state index is 12.3. The maximum Gasteiger partial charge on any atom is 0.245 e. The molecule has 0 radical (unpaired) electrons. The number of carbonyl (C=O) groups is 3. The van der Waals surface area contributed by atoms with E-state index in [2.05, 4.69) is 10.6 Å². The second-order valence-electron chi connectivity index (χ2n) is 4.74. The lowest BCUT2D eigenvalue weighted by molar-refractivity contribution is -0.139. The molecule has 2 saturated heterocycles. The van der Waals surface area contributed by atoms with Crippen LogP contribution in [-0.2, 0) is 14.4 Å². The van der Waals surface area contributed by atoms with Gasteiger partial charge in [-0.05, 0) is 19.4 Å². The van der Waals surface area contributed by atoms with Crippen LogP contribution in [0.15, 0.2) is 0 Å². The van der Waals surface area contributed by atoms with Gasteiger partial charge < -0.3 is 21.3 Å². The highest BCUT2D eigenvalue weighted by Crippen LogP contribution is 2.15. The molecule has 0 aromatic rings. The van der Waals surface area contributed by atoms with Gasteiger partial charge in [-0.1, -0.05) is 0 Å². The van der Waals surface area contributed by atoms with E-state index in [-0.39, 0.29) is 24.4 Å². The van der Waals surface area contributed by atoms with Crippen molar-refractivity contribution in [3.63, 3.8) is 0 Å². The highest BCUT2D eigenvalue weighted by atomic mass is 16.2. The topological polar surface area (TPSA) is 105 Å². The zero-order valence-electron chi connectivity index (χ0n) is 10.1. The van der Waals surface area contributed by atoms with Crippen molar-refractivity contribution >= 4 is 17.7 Å². The Morgan fingerprint density at radius 2 is 2.17 bits per heavy atom. The van der Waals surface area contributed by atoms with Crippen LogP contribution in [0.1, 0.15) is 19.3 Å². The number of hydrogen-bond acceptors (Lipinski definition) is 4. The molecule has 0 saturated carbocycles. The van der Waals surface area contributed by atoms with E-state index in [1.54, 1.807) is 0 Å². The number of primary amides is 1. The van der Waals surface area contributed by atoms with E-state index in [1.807, 2.05) is 0 Å². The summed E-state index contributed by atoms with van der Waals surface area (Å²) in [6, 6.07) is -0.514. The van der Waals surface area contributed by atoms with Crippen molar-refractivity contribution < 1.29 is 14.4 Å². The normalized spacial score (nSPS) is 27.0. The molecule has 0 bridgehead atoms. The van der Waals surface area contributed by atoms with Gasteiger partial charge in [-0.2, -0.15) is 0 Å². The first-order chi connectivity index (χ1) is 8.58. The third-order valence-electron chi connectivity index (χ3n) is 3.38. The molecule has 0 aromatic carbocycles. The van der Waals surface area contributed by atoms with Crippen LogP contribution >= 0.6 is 0 Å². The fourth-order valence-corrected chi connectivity index (χ4v) is 2.46. The molecule has 0 spiro atoms. The zero-order chi connectivity index (χ0) is 13.1. The quantitative estimate of drug-likeness (QED) is 0.536. The highest BCUT2D eigenvalue weighted by Gasteiger charge is 2.35. The van der Waals surface area contributed by atoms with Crippen molar-refractivity contribution in [1.29, 1.82) is 0 Å². The van der Waals surface area contributed by atoms with Gasteiger partial charge in [0.15, 0.2) is 0 Å². The number of rotatable bonds is 4. The van der Waals surface area contributed by atoms with Gasteiger partial charge in [0.1, 0.15) is 6.04 Å². The molecule has 2 fully saturated rings. The van der Waals surface area contributed by atoms with Crippen LogP contribution in [0.3, 0.4) is 0 Å². The molecular formula is C11H18N4O3. The summed E-state index contributed by atoms with van der Waals surface area (Å²) in [4.78, 5) is 36.0. The Kier molecular flexibility index (Phi) is 3.81. The minimum absolute atomic E-state index is 0.0116. The van der Waals surface area contributed by atoms with Gasteiger partial charge in [-0.15, -0.1) is 0 Å². The molecule has 0 aliphatic carbocycles. The van der Waals surface area contributed by atoms with Crippen LogP contribution in [-0.4, -0.2) is 54.3 Å². The first-order valence-corrected chi connectivity index (χ1v) is 6.17. The summed E-state index contributed by atoms with van der Waals surface area (Å²) in [5.41, 5.74) is 5.18. The number of hydrogen-bond donors (Lipinski definition) is 3. The van der Waals surface area contributed by atoms with Crippen molar-refractivity contribution in [3.05, 3.63) is 0 Å². The van der Waals surface area contributed by atoms with Crippen molar-refractivity contribution in [1.82, 2.24) is 15.5 Å². The lowest BCUT2D eigenvalue weighted by Crippen LogP contribution is -2.52. The summed E-state index contributed by atoms with van der Waals surface area (Å²) in [6.07, 6.45) is 1.66. The van der Waals surface area contributed by atoms with E-state index in [9.17, 15) is 14.4 Å². The van der Waals surface area contributed by atoms with E-state index < -0.39 is 11.9 Å². The number of amides is 3. The maximum atomic E-state index is 12.3. The summed E-state index contributed by atoms with van der Waals surface area (Å²) in [6.45, 7) is 1.40. The number of nitrogens with zero attached hydrogens (tertiary/aromatic N) is 1. The largest absolute Gasteiger partial charge is 0.368 e. The van der Waals surface area contributed by atoms with E-state index in [4.69, 9.17) is 5.73 Å². The molecule has 100 valence electrons. The monoisotopic (exact) mass is 254 g/mol. The van der Waals surface area contributed by atoms with Crippen LogP contribution in [0, 0.1) is 0 Å². The number of nitrogens with two attached hydrogens (primary N) is 1. The van der Waals surface area contributed by atoms with Crippen LogP contribution in [0.25, 0.3) is 0 Å². The van der Waals surface area contributed by atoms with Gasteiger partial charge in [0.2, 0.25) is 17.7 Å². The second-order valence-corrected chi connectivity index (χ2v) is 4.74. The van der Waals surface area contributed by atoms with E-state index in [0.717, 1.165) is 13.0 Å². The predicted molar refractivity (Wildman–Crippen MR) is 63.3 cm³/mol. The molecule has 2 aliphatic heterocycles. The Hall–Kier alpha value is -1.63. The minimum Gasteiger partial charge on any atom is -0.368 e. The van der Waals surface area contributed by atoms with Crippen molar-refractivity contribution in [3.8, 4) is 0 Å². The molecule has 4 N–H and O–H groups in total. The summed E-state index contributed by atoms with van der Waals surface area (Å²) in [5.74, 6) is -0.843. The van der Waals surface area contributed by atoms with E-state index >= 15 is 0 Å². The summed E-state index contributed by atoms with van der Waals surface area (Å²) < 4.78 is 0. The molecule has 18 heavy (non-hydrogen) atoms. The van der Waals surface area contributed by atoms with Gasteiger partial charge in [-0.3, -0.25) is 14.4 Å². The van der Waals surface area contributed by atoms with Crippen molar-refractivity contribution in [2.75, 3.05) is 19.6 Å². The molecular weight excluding hydrogens is 236 g/mol. The van der Waals surface area contributed by atoms with Crippen LogP contribution < -0.4 is 16.4 Å². The molecule has 2 aliphatic rings. The molecule has 2 unspecified atom stereocenters. The fraction of sp³-hybridized carbons (Fsp3) is 0.727. The second kappa shape index (κ2) is 5.34. The summed E-state index contributed by atoms with van der Waals surface area (Å²) >= 11 is 0. The average Bonchev–Trinajstić information content (AvgIpc) is 2.95. The molecule has 7 heteroatoms. The van der Waals surface area contributed by atoms with Gasteiger partial charge in [0, 0.05) is 19.0 Å². The lowest BCUT2D eigenvalue weighted by atomic mass is 10.1. The van der Waals surface area contributed by atoms with Crippen LogP contribution in [0.5, 0.6) is 0 Å². The van der Waals surface area contributed by atoms with Gasteiger partial charge in [0.25, 0.3) is 0 Å². The number of carbonyl (C=O) groups excluding carboxylic acids is 3. The van der Waals surface area contributed by atoms with Gasteiger partial charge in [0.05, 0.1) is 6.54 Å². The lowest BCUT2D eigenvalue weighted by Gasteiger charge is -2.29. The third-order valence-corrected chi connectivity index (χ3v) is 3.38. The van der Waals surface area contributed by atoms with E-state index in [1.165, 1.54) is 4.90 Å². The zero-order valence-corrected chi connectivity index (χ0v) is 10.1. The third kappa shape index (κ3) is 2.79. The first kappa shape index (κ1) is 12.8. The smallest absolute Gasteiger partial charge is 0.245 e. The molecule has 0 aromatic heterocycles. The minimum atomic E-state index is -0.528. The Bertz CT molecular complexity index is 365. The van der Waals surface area contributed by atoms with Crippen molar-refractivity contribution in [2.45, 2.75) is 31.3 Å². The standard InChI is InChI=1S/C11H18N4O3/c12-9(16)6-15(7-3-4-13-5-7)11(18)8-1-2-10(17)14-8/h7-8,13H,1-6H2,(H2,12,16)(H,14,17). The Labute approximate surface area is 105 Å². The Morgan fingerprint density at radius 3 is 2.67 bits per heavy atom. The highest BCUT2D eigenvalue weighted by molar-refractivity contribution is 5.92. The molecule has 2 rings (SSSR count). The first-order valence-electron chi connectivity index (χ1n) is 6.17. The van der Waals surface area contributed by atoms with Crippen LogP contribution in [0.4, 0.5) is 0 Å². The van der Waals surface area contributed by atoms with Crippen molar-refractivity contribution in [2.24, 2.45) is 5.73 Å². The van der Waals surface area contributed by atoms with Gasteiger partial charge in [-0.25, -0.2) is 0 Å². The average molecular weight is 254 g/mol.